The van der Waals surface area contributed by atoms with Gasteiger partial charge in [0.2, 0.25) is 0 Å². The Balaban J connectivity index is 2.03. The van der Waals surface area contributed by atoms with E-state index in [1.54, 1.807) is 11.3 Å². The predicted octanol–water partition coefficient (Wildman–Crippen LogP) is 5.18. The molecule has 1 atom stereocenters. The van der Waals surface area contributed by atoms with Gasteiger partial charge in [0.05, 0.1) is 6.04 Å². The third-order valence-corrected chi connectivity index (χ3v) is 5.20. The lowest BCUT2D eigenvalue weighted by atomic mass is 10.1. The van der Waals surface area contributed by atoms with Gasteiger partial charge in [0.15, 0.2) is 0 Å². The average Bonchev–Trinajstić information content (AvgIpc) is 3.03. The monoisotopic (exact) mass is 349 g/mol. The van der Waals surface area contributed by atoms with Crippen LogP contribution in [0.25, 0.3) is 11.0 Å². The highest BCUT2D eigenvalue weighted by molar-refractivity contribution is 9.10. The largest absolute Gasteiger partial charge is 0.459 e. The molecule has 3 aromatic rings. The summed E-state index contributed by atoms with van der Waals surface area (Å²) < 4.78 is 7.04. The van der Waals surface area contributed by atoms with E-state index >= 15 is 0 Å². The van der Waals surface area contributed by atoms with Crippen molar-refractivity contribution in [2.24, 2.45) is 5.73 Å². The van der Waals surface area contributed by atoms with Crippen LogP contribution in [-0.2, 0) is 6.42 Å². The minimum absolute atomic E-state index is 0.189. The molecule has 2 N–H and O–H groups in total. The zero-order valence-corrected chi connectivity index (χ0v) is 13.8. The standard InChI is InChI=1S/C16H16BrNOS/c1-3-12-4-5-14(20-12)15(18)13-8-10-7-11(17)6-9(2)16(10)19-13/h4-8,15H,3,18H2,1-2H3. The second kappa shape index (κ2) is 5.35. The summed E-state index contributed by atoms with van der Waals surface area (Å²) in [7, 11) is 0. The molecule has 0 aliphatic heterocycles. The summed E-state index contributed by atoms with van der Waals surface area (Å²) in [6, 6.07) is 10.2. The fourth-order valence-corrected chi connectivity index (χ4v) is 3.90. The van der Waals surface area contributed by atoms with Crippen molar-refractivity contribution in [3.05, 3.63) is 55.9 Å². The Labute approximate surface area is 130 Å². The van der Waals surface area contributed by atoms with Crippen molar-refractivity contribution in [3.63, 3.8) is 0 Å². The molecule has 0 saturated heterocycles. The summed E-state index contributed by atoms with van der Waals surface area (Å²) in [6.07, 6.45) is 1.05. The van der Waals surface area contributed by atoms with Crippen molar-refractivity contribution >= 4 is 38.2 Å². The molecular weight excluding hydrogens is 334 g/mol. The molecule has 0 bridgehead atoms. The number of nitrogens with two attached hydrogens (primary N) is 1. The topological polar surface area (TPSA) is 39.2 Å². The van der Waals surface area contributed by atoms with Crippen LogP contribution in [0.1, 0.15) is 34.0 Å². The zero-order chi connectivity index (χ0) is 14.3. The highest BCUT2D eigenvalue weighted by Crippen LogP contribution is 2.33. The molecular formula is C16H16BrNOS. The first-order chi connectivity index (χ1) is 9.58. The van der Waals surface area contributed by atoms with E-state index in [0.717, 1.165) is 38.1 Å². The van der Waals surface area contributed by atoms with E-state index in [1.807, 2.05) is 13.0 Å². The van der Waals surface area contributed by atoms with E-state index in [0.29, 0.717) is 0 Å². The first-order valence-corrected chi connectivity index (χ1v) is 8.23. The van der Waals surface area contributed by atoms with Crippen molar-refractivity contribution in [1.29, 1.82) is 0 Å². The highest BCUT2D eigenvalue weighted by atomic mass is 79.9. The molecule has 1 aromatic carbocycles. The van der Waals surface area contributed by atoms with E-state index < -0.39 is 0 Å². The van der Waals surface area contributed by atoms with Crippen molar-refractivity contribution in [2.75, 3.05) is 0 Å². The van der Waals surface area contributed by atoms with Gasteiger partial charge >= 0.3 is 0 Å². The second-order valence-corrected chi connectivity index (χ2v) is 7.04. The van der Waals surface area contributed by atoms with Gasteiger partial charge in [-0.1, -0.05) is 22.9 Å². The number of fused-ring (bicyclic) bond motifs is 1. The molecule has 0 spiro atoms. The fraction of sp³-hybridized carbons (Fsp3) is 0.250. The van der Waals surface area contributed by atoms with Gasteiger partial charge in [0, 0.05) is 19.6 Å². The minimum atomic E-state index is -0.189. The van der Waals surface area contributed by atoms with Crippen LogP contribution in [0.3, 0.4) is 0 Å². The molecule has 3 rings (SSSR count). The lowest BCUT2D eigenvalue weighted by molar-refractivity contribution is 0.526. The molecule has 2 nitrogen and oxygen atoms in total. The maximum Gasteiger partial charge on any atom is 0.137 e. The first-order valence-electron chi connectivity index (χ1n) is 6.62. The third kappa shape index (κ3) is 2.43. The van der Waals surface area contributed by atoms with Crippen LogP contribution in [0.2, 0.25) is 0 Å². The van der Waals surface area contributed by atoms with Crippen LogP contribution >= 0.6 is 27.3 Å². The Bertz CT molecular complexity index is 759. The van der Waals surface area contributed by atoms with Gasteiger partial charge in [0.25, 0.3) is 0 Å². The maximum absolute atomic E-state index is 6.34. The minimum Gasteiger partial charge on any atom is -0.459 e. The quantitative estimate of drug-likeness (QED) is 0.707. The molecule has 0 fully saturated rings. The highest BCUT2D eigenvalue weighted by Gasteiger charge is 2.17. The maximum atomic E-state index is 6.34. The van der Waals surface area contributed by atoms with Crippen LogP contribution in [-0.4, -0.2) is 0 Å². The number of rotatable bonds is 3. The smallest absolute Gasteiger partial charge is 0.137 e. The fourth-order valence-electron chi connectivity index (χ4n) is 2.35. The van der Waals surface area contributed by atoms with Crippen molar-refractivity contribution in [3.8, 4) is 0 Å². The van der Waals surface area contributed by atoms with Gasteiger partial charge in [-0.2, -0.15) is 0 Å². The Morgan fingerprint density at radius 3 is 2.80 bits per heavy atom. The number of hydrogen-bond acceptors (Lipinski definition) is 3. The SMILES string of the molecule is CCc1ccc(C(N)c2cc3cc(Br)cc(C)c3o2)s1. The molecule has 0 amide bonds. The van der Waals surface area contributed by atoms with Crippen LogP contribution in [0, 0.1) is 6.92 Å². The lowest BCUT2D eigenvalue weighted by Crippen LogP contribution is -2.08. The summed E-state index contributed by atoms with van der Waals surface area (Å²) in [5.74, 6) is 0.825. The van der Waals surface area contributed by atoms with Gasteiger partial charge in [0.1, 0.15) is 11.3 Å². The molecule has 1 unspecified atom stereocenters. The Hall–Kier alpha value is -1.10. The van der Waals surface area contributed by atoms with Gasteiger partial charge in [-0.25, -0.2) is 0 Å². The Morgan fingerprint density at radius 1 is 1.30 bits per heavy atom. The van der Waals surface area contributed by atoms with Crippen LogP contribution in [0.15, 0.2) is 39.2 Å². The van der Waals surface area contributed by atoms with Gasteiger partial charge < -0.3 is 10.2 Å². The predicted molar refractivity (Wildman–Crippen MR) is 88.4 cm³/mol. The molecule has 0 aliphatic rings. The van der Waals surface area contributed by atoms with Gasteiger partial charge in [-0.05, 0) is 49.2 Å². The van der Waals surface area contributed by atoms with E-state index in [1.165, 1.54) is 4.88 Å². The molecule has 0 saturated carbocycles. The summed E-state index contributed by atoms with van der Waals surface area (Å²) in [5.41, 5.74) is 8.38. The first kappa shape index (κ1) is 13.9. The number of thiophene rings is 1. The lowest BCUT2D eigenvalue weighted by Gasteiger charge is -2.05. The molecule has 4 heteroatoms. The Morgan fingerprint density at radius 2 is 2.10 bits per heavy atom. The zero-order valence-electron chi connectivity index (χ0n) is 11.4. The summed E-state index contributed by atoms with van der Waals surface area (Å²) in [6.45, 7) is 4.20. The molecule has 2 heterocycles. The van der Waals surface area contributed by atoms with Crippen molar-refractivity contribution in [2.45, 2.75) is 26.3 Å². The van der Waals surface area contributed by atoms with E-state index in [2.05, 4.69) is 47.1 Å². The summed E-state index contributed by atoms with van der Waals surface area (Å²) in [5, 5.41) is 1.09. The van der Waals surface area contributed by atoms with Crippen LogP contribution in [0.4, 0.5) is 0 Å². The molecule has 2 aromatic heterocycles. The van der Waals surface area contributed by atoms with Crippen molar-refractivity contribution in [1.82, 2.24) is 0 Å². The normalized spacial score (nSPS) is 13.0. The third-order valence-electron chi connectivity index (χ3n) is 3.43. The van der Waals surface area contributed by atoms with E-state index in [9.17, 15) is 0 Å². The van der Waals surface area contributed by atoms with Crippen molar-refractivity contribution < 1.29 is 4.42 Å². The summed E-state index contributed by atoms with van der Waals surface area (Å²) >= 11 is 5.28. The van der Waals surface area contributed by atoms with Crippen LogP contribution in [0.5, 0.6) is 0 Å². The van der Waals surface area contributed by atoms with Crippen LogP contribution < -0.4 is 5.73 Å². The molecule has 0 radical (unpaired) electrons. The number of benzene rings is 1. The van der Waals surface area contributed by atoms with Gasteiger partial charge in [-0.3, -0.25) is 0 Å². The molecule has 104 valence electrons. The van der Waals surface area contributed by atoms with E-state index in [-0.39, 0.29) is 6.04 Å². The second-order valence-electron chi connectivity index (χ2n) is 4.93. The Kier molecular flexibility index (Phi) is 3.71. The van der Waals surface area contributed by atoms with E-state index in [4.69, 9.17) is 10.2 Å². The number of aryl methyl sites for hydroxylation is 2. The number of furan rings is 1. The summed E-state index contributed by atoms with van der Waals surface area (Å²) in [4.78, 5) is 2.50. The molecule has 20 heavy (non-hydrogen) atoms. The van der Waals surface area contributed by atoms with Gasteiger partial charge in [-0.15, -0.1) is 11.3 Å². The number of hydrogen-bond donors (Lipinski definition) is 1. The molecule has 0 aliphatic carbocycles. The average molecular weight is 350 g/mol. The number of halogens is 1.